The topological polar surface area (TPSA) is 107 Å². The summed E-state index contributed by atoms with van der Waals surface area (Å²) in [6.45, 7) is 4.26. The number of imide groups is 1. The number of fused-ring (bicyclic) bond motifs is 1. The number of nitrogens with zero attached hydrogens (tertiary/aromatic N) is 2. The van der Waals surface area contributed by atoms with E-state index in [1.165, 1.54) is 10.1 Å². The molecular weight excluding hydrogens is 424 g/mol. The quantitative estimate of drug-likeness (QED) is 0.443. The molecule has 9 heteroatoms. The van der Waals surface area contributed by atoms with E-state index in [2.05, 4.69) is 18.8 Å². The number of nitrogens with two attached hydrogens (primary N) is 1. The van der Waals surface area contributed by atoms with Crippen LogP contribution >= 0.6 is 23.4 Å². The van der Waals surface area contributed by atoms with Crippen molar-refractivity contribution >= 4 is 46.2 Å². The zero-order chi connectivity index (χ0) is 21.8. The van der Waals surface area contributed by atoms with Crippen LogP contribution in [0, 0.1) is 0 Å². The number of halogens is 1. The van der Waals surface area contributed by atoms with Crippen molar-refractivity contribution in [3.05, 3.63) is 63.4 Å². The molecule has 2 aromatic carbocycles. The zero-order valence-electron chi connectivity index (χ0n) is 16.5. The molecule has 1 heterocycles. The highest BCUT2D eigenvalue weighted by molar-refractivity contribution is 7.99. The lowest BCUT2D eigenvalue weighted by Crippen LogP contribution is -2.36. The first-order chi connectivity index (χ1) is 14.3. The number of hydrogen-bond acceptors (Lipinski definition) is 5. The summed E-state index contributed by atoms with van der Waals surface area (Å²) in [4.78, 5) is 40.6. The third kappa shape index (κ3) is 4.83. The standard InChI is InChI=1S/C21H21ClN4O3S/c1-3-12(2)13-4-7-15(8-5-13)26-19(28)16-10-14(22)6-9-17(16)24-21(26)30-11-18(27)25-20(23)29/h4-10,12H,3,11H2,1-2H3,(H3,23,25,27,29). The van der Waals surface area contributed by atoms with E-state index < -0.39 is 11.9 Å². The lowest BCUT2D eigenvalue weighted by molar-refractivity contribution is -0.117. The first kappa shape index (κ1) is 21.9. The summed E-state index contributed by atoms with van der Waals surface area (Å²) in [5.74, 6) is -0.299. The molecule has 0 aliphatic rings. The van der Waals surface area contributed by atoms with E-state index in [4.69, 9.17) is 17.3 Å². The zero-order valence-corrected chi connectivity index (χ0v) is 18.1. The summed E-state index contributed by atoms with van der Waals surface area (Å²) in [5.41, 5.74) is 6.95. The van der Waals surface area contributed by atoms with Gasteiger partial charge in [-0.05, 0) is 48.2 Å². The molecule has 0 bridgehead atoms. The normalized spacial score (nSPS) is 12.0. The van der Waals surface area contributed by atoms with Crippen molar-refractivity contribution < 1.29 is 9.59 Å². The summed E-state index contributed by atoms with van der Waals surface area (Å²) >= 11 is 7.11. The fourth-order valence-electron chi connectivity index (χ4n) is 2.95. The highest BCUT2D eigenvalue weighted by Gasteiger charge is 2.16. The van der Waals surface area contributed by atoms with Gasteiger partial charge in [0.2, 0.25) is 5.91 Å². The molecule has 0 saturated heterocycles. The first-order valence-corrected chi connectivity index (χ1v) is 10.7. The van der Waals surface area contributed by atoms with Gasteiger partial charge in [0.25, 0.3) is 5.56 Å². The number of urea groups is 1. The highest BCUT2D eigenvalue weighted by Crippen LogP contribution is 2.25. The van der Waals surface area contributed by atoms with E-state index in [0.717, 1.165) is 18.2 Å². The van der Waals surface area contributed by atoms with Crippen molar-refractivity contribution in [3.63, 3.8) is 0 Å². The second kappa shape index (κ2) is 9.32. The van der Waals surface area contributed by atoms with Crippen LogP contribution in [0.5, 0.6) is 0 Å². The maximum Gasteiger partial charge on any atom is 0.318 e. The second-order valence-corrected chi connectivity index (χ2v) is 8.18. The van der Waals surface area contributed by atoms with Crippen LogP contribution in [-0.4, -0.2) is 27.2 Å². The molecule has 3 aromatic rings. The SMILES string of the molecule is CCC(C)c1ccc(-n2c(SCC(=O)NC(N)=O)nc3ccc(Cl)cc3c2=O)cc1. The third-order valence-electron chi connectivity index (χ3n) is 4.73. The maximum absolute atomic E-state index is 13.3. The van der Waals surface area contributed by atoms with Gasteiger partial charge in [-0.25, -0.2) is 9.78 Å². The largest absolute Gasteiger partial charge is 0.351 e. The molecule has 0 spiro atoms. The number of amides is 3. The Labute approximate surface area is 182 Å². The number of thioether (sulfide) groups is 1. The summed E-state index contributed by atoms with van der Waals surface area (Å²) in [6, 6.07) is 11.6. The number of hydrogen-bond donors (Lipinski definition) is 2. The van der Waals surface area contributed by atoms with Crippen molar-refractivity contribution in [2.24, 2.45) is 5.73 Å². The predicted octanol–water partition coefficient (Wildman–Crippen LogP) is 3.84. The molecule has 156 valence electrons. The number of primary amides is 1. The average Bonchev–Trinajstić information content (AvgIpc) is 2.72. The molecule has 3 rings (SSSR count). The summed E-state index contributed by atoms with van der Waals surface area (Å²) in [5, 5.41) is 3.14. The highest BCUT2D eigenvalue weighted by atomic mass is 35.5. The molecule has 0 radical (unpaired) electrons. The Bertz CT molecular complexity index is 1160. The molecule has 0 fully saturated rings. The van der Waals surface area contributed by atoms with Gasteiger partial charge in [0.05, 0.1) is 22.3 Å². The number of aromatic nitrogens is 2. The lowest BCUT2D eigenvalue weighted by atomic mass is 9.98. The van der Waals surface area contributed by atoms with E-state index in [1.54, 1.807) is 18.2 Å². The van der Waals surface area contributed by atoms with Crippen molar-refractivity contribution in [2.45, 2.75) is 31.3 Å². The minimum absolute atomic E-state index is 0.126. The second-order valence-electron chi connectivity index (χ2n) is 6.80. The molecule has 3 amide bonds. The smallest absolute Gasteiger partial charge is 0.318 e. The Hall–Kier alpha value is -2.84. The van der Waals surface area contributed by atoms with E-state index >= 15 is 0 Å². The van der Waals surface area contributed by atoms with E-state index in [0.29, 0.717) is 32.7 Å². The van der Waals surface area contributed by atoms with Crippen LogP contribution in [0.1, 0.15) is 31.7 Å². The Kier molecular flexibility index (Phi) is 6.79. The van der Waals surface area contributed by atoms with Gasteiger partial charge in [-0.3, -0.25) is 19.5 Å². The molecule has 1 atom stereocenters. The number of carbonyl (C=O) groups excluding carboxylic acids is 2. The van der Waals surface area contributed by atoms with Crippen LogP contribution in [0.3, 0.4) is 0 Å². The van der Waals surface area contributed by atoms with Crippen LogP contribution in [0.25, 0.3) is 16.6 Å². The van der Waals surface area contributed by atoms with E-state index in [1.807, 2.05) is 29.6 Å². The van der Waals surface area contributed by atoms with Crippen LogP contribution < -0.4 is 16.6 Å². The van der Waals surface area contributed by atoms with Crippen molar-refractivity contribution in [1.82, 2.24) is 14.9 Å². The molecule has 0 aliphatic heterocycles. The third-order valence-corrected chi connectivity index (χ3v) is 5.90. The number of nitrogens with one attached hydrogen (secondary N) is 1. The summed E-state index contributed by atoms with van der Waals surface area (Å²) in [6.07, 6.45) is 1.01. The van der Waals surface area contributed by atoms with Gasteiger partial charge in [-0.1, -0.05) is 49.3 Å². The number of carbonyl (C=O) groups is 2. The lowest BCUT2D eigenvalue weighted by Gasteiger charge is -2.15. The molecule has 0 aliphatic carbocycles. The van der Waals surface area contributed by atoms with E-state index in [9.17, 15) is 14.4 Å². The molecule has 1 unspecified atom stereocenters. The molecule has 3 N–H and O–H groups in total. The number of rotatable bonds is 6. The van der Waals surface area contributed by atoms with Gasteiger partial charge in [0, 0.05) is 5.02 Å². The minimum Gasteiger partial charge on any atom is -0.351 e. The van der Waals surface area contributed by atoms with Gasteiger partial charge in [0.15, 0.2) is 5.16 Å². The van der Waals surface area contributed by atoms with Crippen LogP contribution in [-0.2, 0) is 4.79 Å². The van der Waals surface area contributed by atoms with Crippen molar-refractivity contribution in [1.29, 1.82) is 0 Å². The summed E-state index contributed by atoms with van der Waals surface area (Å²) < 4.78 is 1.45. The minimum atomic E-state index is -0.931. The molecule has 30 heavy (non-hydrogen) atoms. The molecular formula is C21H21ClN4O3S. The Balaban J connectivity index is 2.09. The van der Waals surface area contributed by atoms with Gasteiger partial charge >= 0.3 is 6.03 Å². The van der Waals surface area contributed by atoms with E-state index in [-0.39, 0.29) is 11.3 Å². The monoisotopic (exact) mass is 444 g/mol. The van der Waals surface area contributed by atoms with Crippen LogP contribution in [0.2, 0.25) is 5.02 Å². The fraction of sp³-hybridized carbons (Fsp3) is 0.238. The Morgan fingerprint density at radius 2 is 1.93 bits per heavy atom. The van der Waals surface area contributed by atoms with Gasteiger partial charge in [-0.2, -0.15) is 0 Å². The summed E-state index contributed by atoms with van der Waals surface area (Å²) in [7, 11) is 0. The van der Waals surface area contributed by atoms with Crippen molar-refractivity contribution in [2.75, 3.05) is 5.75 Å². The predicted molar refractivity (Wildman–Crippen MR) is 120 cm³/mol. The number of benzene rings is 2. The average molecular weight is 445 g/mol. The van der Waals surface area contributed by atoms with Gasteiger partial charge in [-0.15, -0.1) is 0 Å². The maximum atomic E-state index is 13.3. The van der Waals surface area contributed by atoms with Crippen LogP contribution in [0.15, 0.2) is 52.4 Å². The Morgan fingerprint density at radius 3 is 2.57 bits per heavy atom. The molecule has 0 saturated carbocycles. The first-order valence-electron chi connectivity index (χ1n) is 9.35. The van der Waals surface area contributed by atoms with Gasteiger partial charge < -0.3 is 5.73 Å². The van der Waals surface area contributed by atoms with Crippen molar-refractivity contribution in [3.8, 4) is 5.69 Å². The van der Waals surface area contributed by atoms with Crippen LogP contribution in [0.4, 0.5) is 4.79 Å². The molecule has 1 aromatic heterocycles. The van der Waals surface area contributed by atoms with Gasteiger partial charge in [0.1, 0.15) is 0 Å². The Morgan fingerprint density at radius 1 is 1.23 bits per heavy atom. The fourth-order valence-corrected chi connectivity index (χ4v) is 3.94. The molecule has 7 nitrogen and oxygen atoms in total.